The van der Waals surface area contributed by atoms with Gasteiger partial charge in [0.05, 0.1) is 11.2 Å². The number of anilines is 1. The van der Waals surface area contributed by atoms with E-state index in [1.807, 2.05) is 0 Å². The van der Waals surface area contributed by atoms with Gasteiger partial charge in [0, 0.05) is 29.8 Å². The molecule has 0 aliphatic rings. The molecule has 6 heteroatoms. The summed E-state index contributed by atoms with van der Waals surface area (Å²) in [7, 11) is 0. The Morgan fingerprint density at radius 2 is 2.00 bits per heavy atom. The minimum absolute atomic E-state index is 0.108. The number of nitrogens with two attached hydrogens (primary N) is 1. The number of hydrogen-bond acceptors (Lipinski definition) is 2. The summed E-state index contributed by atoms with van der Waals surface area (Å²) < 4.78 is 28.2. The number of carbonyl (C=O) groups excluding carboxylic acids is 1. The van der Waals surface area contributed by atoms with E-state index in [2.05, 4.69) is 16.9 Å². The van der Waals surface area contributed by atoms with Crippen LogP contribution >= 0.6 is 0 Å². The molecule has 4 nitrogen and oxygen atoms in total. The summed E-state index contributed by atoms with van der Waals surface area (Å²) in [5.41, 5.74) is 8.05. The lowest BCUT2D eigenvalue weighted by atomic mass is 9.98. The first-order valence-corrected chi connectivity index (χ1v) is 7.27. The minimum Gasteiger partial charge on any atom is -0.361 e. The van der Waals surface area contributed by atoms with Crippen molar-refractivity contribution >= 4 is 22.5 Å². The van der Waals surface area contributed by atoms with Gasteiger partial charge in [-0.05, 0) is 29.3 Å². The van der Waals surface area contributed by atoms with Crippen LogP contribution in [-0.2, 0) is 11.3 Å². The normalized spacial score (nSPS) is 10.8. The number of carbonyl (C=O) groups is 1. The van der Waals surface area contributed by atoms with E-state index in [-0.39, 0.29) is 11.3 Å². The molecule has 0 saturated carbocycles. The van der Waals surface area contributed by atoms with E-state index in [0.717, 1.165) is 28.6 Å². The van der Waals surface area contributed by atoms with Crippen LogP contribution < -0.4 is 11.1 Å². The quantitative estimate of drug-likeness (QED) is 0.640. The zero-order valence-electron chi connectivity index (χ0n) is 12.7. The molecule has 24 heavy (non-hydrogen) atoms. The highest BCUT2D eigenvalue weighted by molar-refractivity contribution is 6.01. The second-order valence-electron chi connectivity index (χ2n) is 5.25. The molecule has 0 aliphatic carbocycles. The molecule has 0 aliphatic heterocycles. The molecule has 1 heterocycles. The molecule has 3 rings (SSSR count). The lowest BCUT2D eigenvalue weighted by Crippen LogP contribution is -2.09. The van der Waals surface area contributed by atoms with Gasteiger partial charge in [-0.2, -0.15) is 0 Å². The maximum atomic E-state index is 14.3. The van der Waals surface area contributed by atoms with Crippen LogP contribution in [0.3, 0.4) is 0 Å². The first-order chi connectivity index (χ1) is 11.5. The number of halogens is 2. The molecular weight excluding hydrogens is 312 g/mol. The molecule has 122 valence electrons. The summed E-state index contributed by atoms with van der Waals surface area (Å²) in [5.74, 6) is -2.14. The lowest BCUT2D eigenvalue weighted by Gasteiger charge is -2.11. The first kappa shape index (κ1) is 15.9. The second-order valence-corrected chi connectivity index (χ2v) is 5.25. The predicted octanol–water partition coefficient (Wildman–Crippen LogP) is 3.70. The average Bonchev–Trinajstić information content (AvgIpc) is 3.06. The van der Waals surface area contributed by atoms with Crippen molar-refractivity contribution in [3.63, 3.8) is 0 Å². The number of nitrogens with one attached hydrogen (secondary N) is 2. The van der Waals surface area contributed by atoms with Gasteiger partial charge in [-0.1, -0.05) is 18.7 Å². The van der Waals surface area contributed by atoms with Crippen LogP contribution in [-0.4, -0.2) is 10.9 Å². The molecule has 0 saturated heterocycles. The van der Waals surface area contributed by atoms with E-state index >= 15 is 0 Å². The highest BCUT2D eigenvalue weighted by Gasteiger charge is 2.16. The molecule has 0 fully saturated rings. The van der Waals surface area contributed by atoms with Gasteiger partial charge in [-0.15, -0.1) is 0 Å². The maximum absolute atomic E-state index is 14.3. The van der Waals surface area contributed by atoms with Crippen LogP contribution in [0.1, 0.15) is 5.56 Å². The Morgan fingerprint density at radius 3 is 2.71 bits per heavy atom. The van der Waals surface area contributed by atoms with E-state index in [0.29, 0.717) is 12.1 Å². The summed E-state index contributed by atoms with van der Waals surface area (Å²) in [6.07, 6.45) is 2.75. The fourth-order valence-electron chi connectivity index (χ4n) is 2.66. The minimum atomic E-state index is -0.852. The van der Waals surface area contributed by atoms with Gasteiger partial charge in [0.15, 0.2) is 0 Å². The zero-order valence-corrected chi connectivity index (χ0v) is 12.7. The standard InChI is InChI=1S/C18H15F2N3O/c1-2-17(24)23-16-7-13(14(19)8-15(16)20)11-4-3-10(9-21)18-12(11)5-6-22-18/h2-8,22H,1,9,21H2,(H,23,24). The van der Waals surface area contributed by atoms with Crippen molar-refractivity contribution in [2.45, 2.75) is 6.54 Å². The molecule has 1 amide bonds. The third-order valence-electron chi connectivity index (χ3n) is 3.82. The van der Waals surface area contributed by atoms with Crippen LogP contribution in [0.15, 0.2) is 49.2 Å². The van der Waals surface area contributed by atoms with Crippen molar-refractivity contribution in [1.82, 2.24) is 4.98 Å². The molecule has 3 aromatic rings. The molecule has 0 unspecified atom stereocenters. The van der Waals surface area contributed by atoms with Gasteiger partial charge >= 0.3 is 0 Å². The Hall–Kier alpha value is -2.99. The Kier molecular flexibility index (Phi) is 4.14. The number of aromatic amines is 1. The van der Waals surface area contributed by atoms with E-state index in [4.69, 9.17) is 5.73 Å². The third-order valence-corrected chi connectivity index (χ3v) is 3.82. The number of fused-ring (bicyclic) bond motifs is 1. The van der Waals surface area contributed by atoms with Crippen molar-refractivity contribution in [2.75, 3.05) is 5.32 Å². The van der Waals surface area contributed by atoms with Gasteiger partial charge in [0.1, 0.15) is 11.6 Å². The Morgan fingerprint density at radius 1 is 1.21 bits per heavy atom. The summed E-state index contributed by atoms with van der Waals surface area (Å²) in [6, 6.07) is 7.35. The molecule has 2 aromatic carbocycles. The van der Waals surface area contributed by atoms with Crippen LogP contribution in [0.4, 0.5) is 14.5 Å². The van der Waals surface area contributed by atoms with Crippen molar-refractivity contribution in [3.05, 3.63) is 66.4 Å². The Balaban J connectivity index is 2.19. The van der Waals surface area contributed by atoms with Crippen LogP contribution in [0.2, 0.25) is 0 Å². The van der Waals surface area contributed by atoms with Gasteiger partial charge < -0.3 is 16.0 Å². The van der Waals surface area contributed by atoms with E-state index in [1.165, 1.54) is 6.07 Å². The lowest BCUT2D eigenvalue weighted by molar-refractivity contribution is -0.111. The second kappa shape index (κ2) is 6.25. The number of rotatable bonds is 4. The molecule has 0 atom stereocenters. The number of H-pyrrole nitrogens is 1. The van der Waals surface area contributed by atoms with Gasteiger partial charge in [-0.25, -0.2) is 8.78 Å². The predicted molar refractivity (Wildman–Crippen MR) is 90.4 cm³/mol. The number of amides is 1. The summed E-state index contributed by atoms with van der Waals surface area (Å²) in [6.45, 7) is 3.65. The monoisotopic (exact) mass is 327 g/mol. The van der Waals surface area contributed by atoms with Crippen LogP contribution in [0, 0.1) is 11.6 Å². The molecule has 1 aromatic heterocycles. The number of aromatic nitrogens is 1. The van der Waals surface area contributed by atoms with Crippen LogP contribution in [0.5, 0.6) is 0 Å². The molecule has 0 radical (unpaired) electrons. The summed E-state index contributed by atoms with van der Waals surface area (Å²) in [5, 5.41) is 3.10. The Bertz CT molecular complexity index is 947. The van der Waals surface area contributed by atoms with E-state index in [1.54, 1.807) is 24.4 Å². The molecule has 0 spiro atoms. The molecular formula is C18H15F2N3O. The van der Waals surface area contributed by atoms with E-state index in [9.17, 15) is 13.6 Å². The smallest absolute Gasteiger partial charge is 0.247 e. The summed E-state index contributed by atoms with van der Waals surface area (Å²) in [4.78, 5) is 14.5. The van der Waals surface area contributed by atoms with Gasteiger partial charge in [0.25, 0.3) is 0 Å². The maximum Gasteiger partial charge on any atom is 0.247 e. The topological polar surface area (TPSA) is 70.9 Å². The van der Waals surface area contributed by atoms with Crippen molar-refractivity contribution in [3.8, 4) is 11.1 Å². The highest BCUT2D eigenvalue weighted by atomic mass is 19.1. The van der Waals surface area contributed by atoms with Gasteiger partial charge in [-0.3, -0.25) is 4.79 Å². The van der Waals surface area contributed by atoms with Crippen molar-refractivity contribution < 1.29 is 13.6 Å². The highest BCUT2D eigenvalue weighted by Crippen LogP contribution is 2.34. The van der Waals surface area contributed by atoms with E-state index < -0.39 is 17.5 Å². The first-order valence-electron chi connectivity index (χ1n) is 7.27. The van der Waals surface area contributed by atoms with Crippen molar-refractivity contribution in [1.29, 1.82) is 0 Å². The fourth-order valence-corrected chi connectivity index (χ4v) is 2.66. The largest absolute Gasteiger partial charge is 0.361 e. The Labute approximate surface area is 137 Å². The molecule has 4 N–H and O–H groups in total. The molecule has 0 bridgehead atoms. The zero-order chi connectivity index (χ0) is 17.3. The summed E-state index contributed by atoms with van der Waals surface area (Å²) >= 11 is 0. The average molecular weight is 327 g/mol. The van der Waals surface area contributed by atoms with Gasteiger partial charge in [0.2, 0.25) is 5.91 Å². The number of hydrogen-bond donors (Lipinski definition) is 3. The SMILES string of the molecule is C=CC(=O)Nc1cc(-c2ccc(CN)c3[nH]ccc23)c(F)cc1F. The van der Waals surface area contributed by atoms with Crippen molar-refractivity contribution in [2.24, 2.45) is 5.73 Å². The fraction of sp³-hybridized carbons (Fsp3) is 0.0556. The third kappa shape index (κ3) is 2.68. The van der Waals surface area contributed by atoms with Crippen LogP contribution in [0.25, 0.3) is 22.0 Å². The number of benzene rings is 2.